The standard InChI is InChI=1S/C7H4F2N2O4/c8-7(9,6(12)13)5-4(11(14)15)2-1-3-10-5/h1-3H,(H,12,13). The SMILES string of the molecule is O=C(O)C(F)(F)c1ncccc1[N+](=O)[O-]. The van der Waals surface area contributed by atoms with Gasteiger partial charge < -0.3 is 5.11 Å². The first-order valence-corrected chi connectivity index (χ1v) is 3.58. The first-order valence-electron chi connectivity index (χ1n) is 3.58. The van der Waals surface area contributed by atoms with E-state index in [9.17, 15) is 23.7 Å². The highest BCUT2D eigenvalue weighted by Gasteiger charge is 2.47. The summed E-state index contributed by atoms with van der Waals surface area (Å²) in [7, 11) is 0. The van der Waals surface area contributed by atoms with E-state index < -0.39 is 28.2 Å². The second-order valence-corrected chi connectivity index (χ2v) is 2.51. The molecule has 1 rings (SSSR count). The van der Waals surface area contributed by atoms with Crippen molar-refractivity contribution in [1.82, 2.24) is 4.98 Å². The van der Waals surface area contributed by atoms with E-state index in [1.807, 2.05) is 0 Å². The Bertz CT molecular complexity index is 421. The minimum Gasteiger partial charge on any atom is -0.476 e. The molecule has 6 nitrogen and oxygen atoms in total. The highest BCUT2D eigenvalue weighted by molar-refractivity contribution is 5.78. The molecule has 1 N–H and O–H groups in total. The Morgan fingerprint density at radius 2 is 2.20 bits per heavy atom. The van der Waals surface area contributed by atoms with Gasteiger partial charge in [0.05, 0.1) is 4.92 Å². The Morgan fingerprint density at radius 1 is 1.60 bits per heavy atom. The number of carboxylic acid groups (broad SMARTS) is 1. The van der Waals surface area contributed by atoms with Crippen LogP contribution in [0.1, 0.15) is 5.69 Å². The molecule has 0 atom stereocenters. The molecule has 0 aromatic carbocycles. The number of carboxylic acids is 1. The average molecular weight is 218 g/mol. The zero-order chi connectivity index (χ0) is 11.6. The number of rotatable bonds is 3. The maximum Gasteiger partial charge on any atom is 0.390 e. The number of halogens is 2. The van der Waals surface area contributed by atoms with Crippen LogP contribution in [0, 0.1) is 10.1 Å². The van der Waals surface area contributed by atoms with Gasteiger partial charge in [0.1, 0.15) is 0 Å². The van der Waals surface area contributed by atoms with Crippen molar-refractivity contribution in [3.05, 3.63) is 34.1 Å². The third-order valence-corrected chi connectivity index (χ3v) is 1.55. The smallest absolute Gasteiger partial charge is 0.390 e. The van der Waals surface area contributed by atoms with Crippen molar-refractivity contribution < 1.29 is 23.6 Å². The van der Waals surface area contributed by atoms with Gasteiger partial charge in [-0.05, 0) is 6.07 Å². The lowest BCUT2D eigenvalue weighted by Crippen LogP contribution is -2.27. The van der Waals surface area contributed by atoms with Crippen molar-refractivity contribution in [3.8, 4) is 0 Å². The molecule has 1 aromatic rings. The number of aromatic nitrogens is 1. The third-order valence-electron chi connectivity index (χ3n) is 1.55. The van der Waals surface area contributed by atoms with Crippen molar-refractivity contribution in [2.75, 3.05) is 0 Å². The number of aliphatic carboxylic acids is 1. The lowest BCUT2D eigenvalue weighted by molar-refractivity contribution is -0.387. The molecule has 0 fully saturated rings. The van der Waals surface area contributed by atoms with Crippen LogP contribution in [-0.2, 0) is 10.7 Å². The average Bonchev–Trinajstić information content (AvgIpc) is 2.17. The van der Waals surface area contributed by atoms with Crippen LogP contribution in [0.15, 0.2) is 18.3 Å². The van der Waals surface area contributed by atoms with Crippen LogP contribution in [0.5, 0.6) is 0 Å². The van der Waals surface area contributed by atoms with Crippen LogP contribution in [0.4, 0.5) is 14.5 Å². The Kier molecular flexibility index (Phi) is 2.60. The maximum absolute atomic E-state index is 12.9. The summed E-state index contributed by atoms with van der Waals surface area (Å²) in [4.78, 5) is 22.4. The first-order chi connectivity index (χ1) is 6.87. The topological polar surface area (TPSA) is 93.3 Å². The summed E-state index contributed by atoms with van der Waals surface area (Å²) in [5.74, 6) is -6.85. The van der Waals surface area contributed by atoms with Gasteiger partial charge in [0.2, 0.25) is 0 Å². The molecule has 0 saturated heterocycles. The zero-order valence-electron chi connectivity index (χ0n) is 7.05. The Balaban J connectivity index is 3.37. The molecule has 80 valence electrons. The van der Waals surface area contributed by atoms with Crippen LogP contribution in [0.3, 0.4) is 0 Å². The van der Waals surface area contributed by atoms with Crippen molar-refractivity contribution in [3.63, 3.8) is 0 Å². The largest absolute Gasteiger partial charge is 0.476 e. The summed E-state index contributed by atoms with van der Waals surface area (Å²) in [6.07, 6.45) is 0.860. The van der Waals surface area contributed by atoms with Gasteiger partial charge in [0.15, 0.2) is 5.69 Å². The summed E-state index contributed by atoms with van der Waals surface area (Å²) in [6, 6.07) is 1.83. The molecule has 0 bridgehead atoms. The molecule has 1 heterocycles. The normalized spacial score (nSPS) is 11.1. The molecule has 0 unspecified atom stereocenters. The molecule has 15 heavy (non-hydrogen) atoms. The molecule has 0 radical (unpaired) electrons. The Labute approximate surface area is 81.3 Å². The van der Waals surface area contributed by atoms with Gasteiger partial charge >= 0.3 is 11.9 Å². The van der Waals surface area contributed by atoms with Crippen LogP contribution < -0.4 is 0 Å². The lowest BCUT2D eigenvalue weighted by atomic mass is 10.2. The van der Waals surface area contributed by atoms with E-state index in [0.717, 1.165) is 18.3 Å². The number of carbonyl (C=O) groups is 1. The van der Waals surface area contributed by atoms with Crippen LogP contribution in [-0.4, -0.2) is 21.0 Å². The Hall–Kier alpha value is -2.12. The molecule has 0 spiro atoms. The van der Waals surface area contributed by atoms with Gasteiger partial charge in [0.25, 0.3) is 5.69 Å². The minimum absolute atomic E-state index is 0.763. The molecule has 0 aliphatic heterocycles. The summed E-state index contributed by atoms with van der Waals surface area (Å²) >= 11 is 0. The van der Waals surface area contributed by atoms with Crippen molar-refractivity contribution in [2.45, 2.75) is 5.92 Å². The van der Waals surface area contributed by atoms with E-state index >= 15 is 0 Å². The quantitative estimate of drug-likeness (QED) is 0.606. The van der Waals surface area contributed by atoms with E-state index in [-0.39, 0.29) is 0 Å². The fraction of sp³-hybridized carbons (Fsp3) is 0.143. The molecular weight excluding hydrogens is 214 g/mol. The predicted octanol–water partition coefficient (Wildman–Crippen LogP) is 1.17. The van der Waals surface area contributed by atoms with Crippen molar-refractivity contribution in [2.24, 2.45) is 0 Å². The van der Waals surface area contributed by atoms with Crippen LogP contribution in [0.2, 0.25) is 0 Å². The first kappa shape index (κ1) is 11.0. The summed E-state index contributed by atoms with van der Waals surface area (Å²) < 4.78 is 25.9. The zero-order valence-corrected chi connectivity index (χ0v) is 7.05. The molecule has 0 amide bonds. The molecular formula is C7H4F2N2O4. The van der Waals surface area contributed by atoms with Gasteiger partial charge in [0, 0.05) is 12.3 Å². The van der Waals surface area contributed by atoms with Gasteiger partial charge in [-0.3, -0.25) is 10.1 Å². The molecule has 8 heteroatoms. The number of hydrogen-bond acceptors (Lipinski definition) is 4. The van der Waals surface area contributed by atoms with Gasteiger partial charge in [-0.25, -0.2) is 9.78 Å². The van der Waals surface area contributed by atoms with E-state index in [1.54, 1.807) is 0 Å². The predicted molar refractivity (Wildman–Crippen MR) is 42.4 cm³/mol. The molecule has 0 saturated carbocycles. The Morgan fingerprint density at radius 3 is 2.67 bits per heavy atom. The fourth-order valence-corrected chi connectivity index (χ4v) is 0.887. The number of pyridine rings is 1. The monoisotopic (exact) mass is 218 g/mol. The van der Waals surface area contributed by atoms with Crippen LogP contribution >= 0.6 is 0 Å². The van der Waals surface area contributed by atoms with E-state index in [1.165, 1.54) is 0 Å². The van der Waals surface area contributed by atoms with E-state index in [2.05, 4.69) is 4.98 Å². The van der Waals surface area contributed by atoms with Gasteiger partial charge in [-0.2, -0.15) is 8.78 Å². The minimum atomic E-state index is -4.37. The highest BCUT2D eigenvalue weighted by atomic mass is 19.3. The number of alkyl halides is 2. The summed E-state index contributed by atoms with van der Waals surface area (Å²) in [6.45, 7) is 0. The highest BCUT2D eigenvalue weighted by Crippen LogP contribution is 2.32. The van der Waals surface area contributed by atoms with Gasteiger partial charge in [-0.15, -0.1) is 0 Å². The van der Waals surface area contributed by atoms with Gasteiger partial charge in [-0.1, -0.05) is 0 Å². The summed E-state index contributed by atoms with van der Waals surface area (Å²) in [5, 5.41) is 18.5. The molecule has 1 aromatic heterocycles. The maximum atomic E-state index is 12.9. The van der Waals surface area contributed by atoms with E-state index in [4.69, 9.17) is 5.11 Å². The van der Waals surface area contributed by atoms with E-state index in [0.29, 0.717) is 0 Å². The van der Waals surface area contributed by atoms with Crippen LogP contribution in [0.25, 0.3) is 0 Å². The second-order valence-electron chi connectivity index (χ2n) is 2.51. The van der Waals surface area contributed by atoms with Crippen molar-refractivity contribution >= 4 is 11.7 Å². The third kappa shape index (κ3) is 1.87. The summed E-state index contributed by atoms with van der Waals surface area (Å²) in [5.41, 5.74) is -2.40. The molecule has 0 aliphatic carbocycles. The number of hydrogen-bond donors (Lipinski definition) is 1. The fourth-order valence-electron chi connectivity index (χ4n) is 0.887. The van der Waals surface area contributed by atoms with Crippen molar-refractivity contribution in [1.29, 1.82) is 0 Å². The number of nitro groups is 1. The lowest BCUT2D eigenvalue weighted by Gasteiger charge is -2.09. The number of nitrogens with zero attached hydrogens (tertiary/aromatic N) is 2. The molecule has 0 aliphatic rings. The second kappa shape index (κ2) is 3.56.